The van der Waals surface area contributed by atoms with Gasteiger partial charge in [0, 0.05) is 25.3 Å². The van der Waals surface area contributed by atoms with Crippen LogP contribution in [0.2, 0.25) is 0 Å². The van der Waals surface area contributed by atoms with E-state index in [4.69, 9.17) is 5.73 Å². The molecule has 0 amide bonds. The summed E-state index contributed by atoms with van der Waals surface area (Å²) in [4.78, 5) is 6.88. The molecule has 1 aromatic heterocycles. The zero-order chi connectivity index (χ0) is 11.5. The average molecular weight is 219 g/mol. The second-order valence-electron chi connectivity index (χ2n) is 4.78. The minimum Gasteiger partial charge on any atom is -0.354 e. The van der Waals surface area contributed by atoms with E-state index in [2.05, 4.69) is 29.8 Å². The molecule has 2 atom stereocenters. The van der Waals surface area contributed by atoms with Gasteiger partial charge in [-0.1, -0.05) is 6.92 Å². The van der Waals surface area contributed by atoms with Crippen molar-refractivity contribution in [1.29, 1.82) is 0 Å². The third-order valence-corrected chi connectivity index (χ3v) is 3.71. The SMILES string of the molecule is CC1CCCN(c2cc(CN)ccn2)C1C. The molecule has 3 nitrogen and oxygen atoms in total. The Kier molecular flexibility index (Phi) is 3.44. The quantitative estimate of drug-likeness (QED) is 0.829. The topological polar surface area (TPSA) is 42.1 Å². The van der Waals surface area contributed by atoms with Crippen molar-refractivity contribution in [2.24, 2.45) is 11.7 Å². The van der Waals surface area contributed by atoms with E-state index in [1.165, 1.54) is 12.8 Å². The molecule has 16 heavy (non-hydrogen) atoms. The van der Waals surface area contributed by atoms with Gasteiger partial charge in [0.05, 0.1) is 0 Å². The standard InChI is InChI=1S/C13H21N3/c1-10-4-3-7-16(11(10)2)13-8-12(9-14)5-6-15-13/h5-6,8,10-11H,3-4,7,9,14H2,1-2H3. The number of pyridine rings is 1. The van der Waals surface area contributed by atoms with Crippen molar-refractivity contribution in [1.82, 2.24) is 4.98 Å². The van der Waals surface area contributed by atoms with Crippen LogP contribution in [-0.2, 0) is 6.54 Å². The van der Waals surface area contributed by atoms with Gasteiger partial charge >= 0.3 is 0 Å². The first-order chi connectivity index (χ1) is 7.72. The third kappa shape index (κ3) is 2.19. The van der Waals surface area contributed by atoms with Gasteiger partial charge in [-0.15, -0.1) is 0 Å². The monoisotopic (exact) mass is 219 g/mol. The Morgan fingerprint density at radius 2 is 2.31 bits per heavy atom. The Morgan fingerprint density at radius 3 is 3.06 bits per heavy atom. The van der Waals surface area contributed by atoms with E-state index in [-0.39, 0.29) is 0 Å². The van der Waals surface area contributed by atoms with Crippen LogP contribution in [0.25, 0.3) is 0 Å². The van der Waals surface area contributed by atoms with Crippen LogP contribution in [0.3, 0.4) is 0 Å². The molecule has 1 aliphatic heterocycles. The first kappa shape index (κ1) is 11.4. The van der Waals surface area contributed by atoms with Gasteiger partial charge < -0.3 is 10.6 Å². The molecule has 2 N–H and O–H groups in total. The summed E-state index contributed by atoms with van der Waals surface area (Å²) in [5.41, 5.74) is 6.83. The molecule has 3 heteroatoms. The van der Waals surface area contributed by atoms with Crippen LogP contribution in [-0.4, -0.2) is 17.6 Å². The lowest BCUT2D eigenvalue weighted by molar-refractivity contribution is 0.361. The predicted octanol–water partition coefficient (Wildman–Crippen LogP) is 2.17. The van der Waals surface area contributed by atoms with Crippen LogP contribution in [0.5, 0.6) is 0 Å². The summed E-state index contributed by atoms with van der Waals surface area (Å²) >= 11 is 0. The average Bonchev–Trinajstić information content (AvgIpc) is 2.33. The van der Waals surface area contributed by atoms with Crippen molar-refractivity contribution in [2.75, 3.05) is 11.4 Å². The smallest absolute Gasteiger partial charge is 0.129 e. The van der Waals surface area contributed by atoms with E-state index in [1.54, 1.807) is 0 Å². The van der Waals surface area contributed by atoms with Gasteiger partial charge in [0.1, 0.15) is 5.82 Å². The van der Waals surface area contributed by atoms with Gasteiger partial charge in [-0.05, 0) is 43.4 Å². The summed E-state index contributed by atoms with van der Waals surface area (Å²) in [7, 11) is 0. The number of hydrogen-bond donors (Lipinski definition) is 1. The van der Waals surface area contributed by atoms with Crippen LogP contribution in [0.15, 0.2) is 18.3 Å². The zero-order valence-electron chi connectivity index (χ0n) is 10.2. The lowest BCUT2D eigenvalue weighted by Crippen LogP contribution is -2.42. The minimum atomic E-state index is 0.578. The molecule has 1 aliphatic rings. The van der Waals surface area contributed by atoms with E-state index in [0.717, 1.165) is 23.8 Å². The van der Waals surface area contributed by atoms with Crippen molar-refractivity contribution < 1.29 is 0 Å². The fraction of sp³-hybridized carbons (Fsp3) is 0.615. The lowest BCUT2D eigenvalue weighted by Gasteiger charge is -2.38. The van der Waals surface area contributed by atoms with Gasteiger partial charge in [-0.3, -0.25) is 0 Å². The lowest BCUT2D eigenvalue weighted by atomic mass is 9.92. The highest BCUT2D eigenvalue weighted by Gasteiger charge is 2.25. The maximum absolute atomic E-state index is 5.66. The summed E-state index contributed by atoms with van der Waals surface area (Å²) in [6, 6.07) is 4.69. The van der Waals surface area contributed by atoms with Crippen LogP contribution >= 0.6 is 0 Å². The number of nitrogens with zero attached hydrogens (tertiary/aromatic N) is 2. The van der Waals surface area contributed by atoms with E-state index < -0.39 is 0 Å². The molecule has 88 valence electrons. The highest BCUT2D eigenvalue weighted by Crippen LogP contribution is 2.27. The second kappa shape index (κ2) is 4.83. The van der Waals surface area contributed by atoms with Gasteiger partial charge in [0.2, 0.25) is 0 Å². The van der Waals surface area contributed by atoms with Gasteiger partial charge in [-0.25, -0.2) is 4.98 Å². The Morgan fingerprint density at radius 1 is 1.50 bits per heavy atom. The van der Waals surface area contributed by atoms with E-state index in [0.29, 0.717) is 12.6 Å². The fourth-order valence-electron chi connectivity index (χ4n) is 2.40. The van der Waals surface area contributed by atoms with E-state index >= 15 is 0 Å². The summed E-state index contributed by atoms with van der Waals surface area (Å²) in [5, 5.41) is 0. The van der Waals surface area contributed by atoms with Crippen molar-refractivity contribution in [3.63, 3.8) is 0 Å². The predicted molar refractivity (Wildman–Crippen MR) is 67.3 cm³/mol. The van der Waals surface area contributed by atoms with Crippen molar-refractivity contribution in [2.45, 2.75) is 39.3 Å². The zero-order valence-corrected chi connectivity index (χ0v) is 10.2. The summed E-state index contributed by atoms with van der Waals surface area (Å²) in [5.74, 6) is 1.83. The summed E-state index contributed by atoms with van der Waals surface area (Å²) in [6.45, 7) is 6.32. The highest BCUT2D eigenvalue weighted by molar-refractivity contribution is 5.42. The fourth-order valence-corrected chi connectivity index (χ4v) is 2.40. The molecule has 0 aromatic carbocycles. The Balaban J connectivity index is 2.21. The largest absolute Gasteiger partial charge is 0.354 e. The van der Waals surface area contributed by atoms with E-state index in [9.17, 15) is 0 Å². The van der Waals surface area contributed by atoms with Crippen LogP contribution in [0, 0.1) is 5.92 Å². The summed E-state index contributed by atoms with van der Waals surface area (Å²) < 4.78 is 0. The number of hydrogen-bond acceptors (Lipinski definition) is 3. The molecule has 0 spiro atoms. The molecular formula is C13H21N3. The molecule has 1 fully saturated rings. The van der Waals surface area contributed by atoms with Crippen molar-refractivity contribution in [3.05, 3.63) is 23.9 Å². The number of piperidine rings is 1. The molecule has 1 aromatic rings. The first-order valence-electron chi connectivity index (χ1n) is 6.14. The maximum Gasteiger partial charge on any atom is 0.129 e. The number of anilines is 1. The molecule has 2 rings (SSSR count). The molecule has 0 radical (unpaired) electrons. The molecule has 0 bridgehead atoms. The summed E-state index contributed by atoms with van der Waals surface area (Å²) in [6.07, 6.45) is 4.46. The Hall–Kier alpha value is -1.09. The number of rotatable bonds is 2. The molecule has 2 unspecified atom stereocenters. The molecule has 2 heterocycles. The second-order valence-corrected chi connectivity index (χ2v) is 4.78. The Bertz CT molecular complexity index is 351. The van der Waals surface area contributed by atoms with Gasteiger partial charge in [-0.2, -0.15) is 0 Å². The van der Waals surface area contributed by atoms with Crippen molar-refractivity contribution >= 4 is 5.82 Å². The number of aromatic nitrogens is 1. The molecular weight excluding hydrogens is 198 g/mol. The third-order valence-electron chi connectivity index (χ3n) is 3.71. The van der Waals surface area contributed by atoms with Crippen LogP contribution in [0.1, 0.15) is 32.3 Å². The van der Waals surface area contributed by atoms with Gasteiger partial charge in [0.15, 0.2) is 0 Å². The van der Waals surface area contributed by atoms with Crippen LogP contribution < -0.4 is 10.6 Å². The molecule has 1 saturated heterocycles. The minimum absolute atomic E-state index is 0.578. The van der Waals surface area contributed by atoms with E-state index in [1.807, 2.05) is 12.3 Å². The normalized spacial score (nSPS) is 25.8. The number of nitrogens with two attached hydrogens (primary N) is 1. The maximum atomic E-state index is 5.66. The Labute approximate surface area is 97.7 Å². The van der Waals surface area contributed by atoms with Crippen LogP contribution in [0.4, 0.5) is 5.82 Å². The highest BCUT2D eigenvalue weighted by atomic mass is 15.2. The molecule has 0 saturated carbocycles. The first-order valence-corrected chi connectivity index (χ1v) is 6.14. The van der Waals surface area contributed by atoms with Crippen molar-refractivity contribution in [3.8, 4) is 0 Å². The molecule has 0 aliphatic carbocycles. The van der Waals surface area contributed by atoms with Gasteiger partial charge in [0.25, 0.3) is 0 Å².